The Morgan fingerprint density at radius 1 is 1.23 bits per heavy atom. The van der Waals surface area contributed by atoms with Crippen molar-refractivity contribution in [1.82, 2.24) is 15.5 Å². The Bertz CT molecular complexity index is 851. The molecular formula is C22H32IN5O2S. The molecule has 1 aliphatic rings. The van der Waals surface area contributed by atoms with E-state index in [4.69, 9.17) is 0 Å². The van der Waals surface area contributed by atoms with Gasteiger partial charge in [-0.3, -0.25) is 0 Å². The number of nitrogens with zero attached hydrogens (tertiary/aromatic N) is 2. The van der Waals surface area contributed by atoms with Crippen LogP contribution in [0.1, 0.15) is 37.1 Å². The number of urea groups is 1. The quantitative estimate of drug-likeness (QED) is 0.236. The van der Waals surface area contributed by atoms with Crippen molar-refractivity contribution in [3.05, 3.63) is 52.2 Å². The summed E-state index contributed by atoms with van der Waals surface area (Å²) >= 11 is 1.53. The van der Waals surface area contributed by atoms with Gasteiger partial charge in [-0.25, -0.2) is 9.79 Å². The summed E-state index contributed by atoms with van der Waals surface area (Å²) in [6.45, 7) is 6.98. The number of carbonyl (C=O) groups is 1. The summed E-state index contributed by atoms with van der Waals surface area (Å²) in [6.07, 6.45) is 2.14. The van der Waals surface area contributed by atoms with E-state index in [-0.39, 0.29) is 30.0 Å². The maximum absolute atomic E-state index is 12.3. The largest absolute Gasteiger partial charge is 0.383 e. The fraction of sp³-hybridized carbons (Fsp3) is 0.455. The number of hydrogen-bond acceptors (Lipinski definition) is 4. The Morgan fingerprint density at radius 3 is 2.68 bits per heavy atom. The van der Waals surface area contributed by atoms with Gasteiger partial charge in [-0.1, -0.05) is 18.2 Å². The minimum Gasteiger partial charge on any atom is -0.383 e. The van der Waals surface area contributed by atoms with Gasteiger partial charge >= 0.3 is 6.03 Å². The number of guanidine groups is 1. The van der Waals surface area contributed by atoms with Gasteiger partial charge in [0.05, 0.1) is 13.1 Å². The van der Waals surface area contributed by atoms with Crippen LogP contribution in [0.15, 0.2) is 46.8 Å². The van der Waals surface area contributed by atoms with Crippen LogP contribution in [0.3, 0.4) is 0 Å². The number of rotatable bonds is 7. The number of anilines is 1. The summed E-state index contributed by atoms with van der Waals surface area (Å²) in [5, 5.41) is 22.1. The molecule has 2 aromatic rings. The van der Waals surface area contributed by atoms with Crippen LogP contribution in [0.5, 0.6) is 0 Å². The minimum absolute atomic E-state index is 0. The molecule has 1 atom stereocenters. The lowest BCUT2D eigenvalue weighted by molar-refractivity contribution is 0.0655. The molecule has 2 heterocycles. The van der Waals surface area contributed by atoms with Crippen LogP contribution >= 0.6 is 35.3 Å². The monoisotopic (exact) mass is 557 g/mol. The highest BCUT2D eigenvalue weighted by molar-refractivity contribution is 14.0. The number of likely N-dealkylation sites (tertiary alicyclic amines) is 1. The second-order valence-corrected chi connectivity index (χ2v) is 8.57. The standard InChI is InChI=1S/C22H31N5O2S.HI/c1-3-23-20(25-16-22(2,29)19-10-7-13-30-19)24-15-17-8-6-9-18(14-17)26-21(28)27-11-4-5-12-27;/h6-10,13-14,29H,3-5,11-12,15-16H2,1-2H3,(H,26,28)(H2,23,24,25);1H. The second-order valence-electron chi connectivity index (χ2n) is 7.62. The van der Waals surface area contributed by atoms with E-state index in [9.17, 15) is 9.90 Å². The van der Waals surface area contributed by atoms with Crippen molar-refractivity contribution in [2.75, 3.05) is 31.5 Å². The van der Waals surface area contributed by atoms with Gasteiger partial charge < -0.3 is 26.0 Å². The van der Waals surface area contributed by atoms with Crippen LogP contribution in [0.25, 0.3) is 0 Å². The average Bonchev–Trinajstić information content (AvgIpc) is 3.45. The normalized spacial score (nSPS) is 15.7. The van der Waals surface area contributed by atoms with Crippen LogP contribution in [-0.2, 0) is 12.1 Å². The maximum atomic E-state index is 12.3. The molecular weight excluding hydrogens is 525 g/mol. The summed E-state index contributed by atoms with van der Waals surface area (Å²) in [5.74, 6) is 0.640. The van der Waals surface area contributed by atoms with Crippen molar-refractivity contribution in [2.45, 2.75) is 38.8 Å². The summed E-state index contributed by atoms with van der Waals surface area (Å²) in [7, 11) is 0. The van der Waals surface area contributed by atoms with E-state index in [0.717, 1.165) is 48.6 Å². The number of aliphatic hydroxyl groups is 1. The van der Waals surface area contributed by atoms with Gasteiger partial charge in [0.2, 0.25) is 0 Å². The molecule has 1 aromatic heterocycles. The molecule has 1 saturated heterocycles. The number of benzene rings is 1. The van der Waals surface area contributed by atoms with Crippen molar-refractivity contribution < 1.29 is 9.90 Å². The zero-order valence-corrected chi connectivity index (χ0v) is 21.2. The number of amides is 2. The lowest BCUT2D eigenvalue weighted by Gasteiger charge is -2.23. The number of hydrogen-bond donors (Lipinski definition) is 4. The third-order valence-corrected chi connectivity index (χ3v) is 6.11. The van der Waals surface area contributed by atoms with Crippen LogP contribution in [0, 0.1) is 0 Å². The van der Waals surface area contributed by atoms with E-state index >= 15 is 0 Å². The van der Waals surface area contributed by atoms with Gasteiger partial charge in [-0.15, -0.1) is 35.3 Å². The maximum Gasteiger partial charge on any atom is 0.321 e. The third kappa shape index (κ3) is 7.65. The Morgan fingerprint density at radius 2 is 2.00 bits per heavy atom. The molecule has 0 saturated carbocycles. The molecule has 0 bridgehead atoms. The average molecular weight is 558 g/mol. The lowest BCUT2D eigenvalue weighted by Crippen LogP contribution is -2.44. The number of aliphatic imine (C=N–C) groups is 1. The lowest BCUT2D eigenvalue weighted by atomic mass is 10.1. The Hall–Kier alpha value is -1.85. The predicted octanol–water partition coefficient (Wildman–Crippen LogP) is 3.96. The molecule has 170 valence electrons. The van der Waals surface area contributed by atoms with Gasteiger partial charge in [0.1, 0.15) is 5.60 Å². The van der Waals surface area contributed by atoms with Crippen molar-refractivity contribution in [3.8, 4) is 0 Å². The van der Waals surface area contributed by atoms with E-state index in [1.165, 1.54) is 11.3 Å². The van der Waals surface area contributed by atoms with Gasteiger partial charge in [0.25, 0.3) is 0 Å². The highest BCUT2D eigenvalue weighted by atomic mass is 127. The van der Waals surface area contributed by atoms with Gasteiger partial charge in [0.15, 0.2) is 5.96 Å². The van der Waals surface area contributed by atoms with Crippen molar-refractivity contribution in [3.63, 3.8) is 0 Å². The van der Waals surface area contributed by atoms with Crippen LogP contribution < -0.4 is 16.0 Å². The first-order chi connectivity index (χ1) is 14.5. The van der Waals surface area contributed by atoms with Crippen molar-refractivity contribution in [2.24, 2.45) is 4.99 Å². The molecule has 4 N–H and O–H groups in total. The molecule has 1 aliphatic heterocycles. The molecule has 3 rings (SSSR count). The molecule has 31 heavy (non-hydrogen) atoms. The fourth-order valence-electron chi connectivity index (χ4n) is 3.31. The number of carbonyl (C=O) groups excluding carboxylic acids is 1. The van der Waals surface area contributed by atoms with E-state index in [1.54, 1.807) is 6.92 Å². The summed E-state index contributed by atoms with van der Waals surface area (Å²) < 4.78 is 0. The summed E-state index contributed by atoms with van der Waals surface area (Å²) in [4.78, 5) is 19.7. The first kappa shape index (κ1) is 25.4. The summed E-state index contributed by atoms with van der Waals surface area (Å²) in [6, 6.07) is 11.6. The first-order valence-electron chi connectivity index (χ1n) is 10.4. The second kappa shape index (κ2) is 12.3. The van der Waals surface area contributed by atoms with E-state index in [0.29, 0.717) is 19.0 Å². The van der Waals surface area contributed by atoms with E-state index in [2.05, 4.69) is 20.9 Å². The molecule has 1 aromatic carbocycles. The summed E-state index contributed by atoms with van der Waals surface area (Å²) in [5.41, 5.74) is 0.805. The zero-order valence-electron chi connectivity index (χ0n) is 18.1. The number of nitrogens with one attached hydrogen (secondary N) is 3. The predicted molar refractivity (Wildman–Crippen MR) is 138 cm³/mol. The van der Waals surface area contributed by atoms with Crippen LogP contribution in [0.2, 0.25) is 0 Å². The number of thiophene rings is 1. The SMILES string of the molecule is CCNC(=NCc1cccc(NC(=O)N2CCCC2)c1)NCC(C)(O)c1cccs1.I. The Balaban J connectivity index is 0.00000341. The smallest absolute Gasteiger partial charge is 0.321 e. The topological polar surface area (TPSA) is 89.0 Å². The fourth-order valence-corrected chi connectivity index (χ4v) is 4.10. The molecule has 9 heteroatoms. The third-order valence-electron chi connectivity index (χ3n) is 4.99. The molecule has 0 aliphatic carbocycles. The highest BCUT2D eigenvalue weighted by Crippen LogP contribution is 2.24. The highest BCUT2D eigenvalue weighted by Gasteiger charge is 2.24. The van der Waals surface area contributed by atoms with Gasteiger partial charge in [-0.2, -0.15) is 0 Å². The minimum atomic E-state index is -0.968. The molecule has 1 fully saturated rings. The van der Waals surface area contributed by atoms with Gasteiger partial charge in [0, 0.05) is 30.2 Å². The van der Waals surface area contributed by atoms with Crippen LogP contribution in [-0.4, -0.2) is 48.2 Å². The van der Waals surface area contributed by atoms with Crippen molar-refractivity contribution >= 4 is 53.0 Å². The van der Waals surface area contributed by atoms with E-state index < -0.39 is 5.60 Å². The molecule has 0 spiro atoms. The Kier molecular flexibility index (Phi) is 10.0. The molecule has 1 unspecified atom stereocenters. The first-order valence-corrected chi connectivity index (χ1v) is 11.3. The number of halogens is 1. The Labute approximate surface area is 205 Å². The molecule has 2 amide bonds. The van der Waals surface area contributed by atoms with E-state index in [1.807, 2.05) is 53.6 Å². The van der Waals surface area contributed by atoms with Gasteiger partial charge in [-0.05, 0) is 55.8 Å². The van der Waals surface area contributed by atoms with Crippen LogP contribution in [0.4, 0.5) is 10.5 Å². The zero-order chi connectivity index (χ0) is 21.4. The molecule has 7 nitrogen and oxygen atoms in total. The van der Waals surface area contributed by atoms with Crippen molar-refractivity contribution in [1.29, 1.82) is 0 Å². The molecule has 0 radical (unpaired) electrons.